The molecule has 2 aromatic heterocycles. The molecule has 2 atom stereocenters. The van der Waals surface area contributed by atoms with Gasteiger partial charge in [0.1, 0.15) is 6.04 Å². The Hall–Kier alpha value is -3.85. The highest BCUT2D eigenvalue weighted by molar-refractivity contribution is 7.89. The lowest BCUT2D eigenvalue weighted by atomic mass is 9.87. The Bertz CT molecular complexity index is 1460. The highest BCUT2D eigenvalue weighted by Gasteiger charge is 2.50. The van der Waals surface area contributed by atoms with Gasteiger partial charge in [-0.3, -0.25) is 18.9 Å². The molecule has 2 aliphatic heterocycles. The fourth-order valence-electron chi connectivity index (χ4n) is 5.04. The molecule has 0 aliphatic carbocycles. The second-order valence-corrected chi connectivity index (χ2v) is 11.5. The van der Waals surface area contributed by atoms with E-state index >= 15 is 0 Å². The molecule has 0 radical (unpaired) electrons. The van der Waals surface area contributed by atoms with Crippen LogP contribution in [0.2, 0.25) is 0 Å². The molecule has 3 aromatic rings. The van der Waals surface area contributed by atoms with Crippen LogP contribution in [-0.2, 0) is 19.6 Å². The van der Waals surface area contributed by atoms with Crippen LogP contribution >= 0.6 is 0 Å². The SMILES string of the molecule is CC(C)CC(C(=O)N1CC=C2C1C(=O)CN2S(=O)(=O)c1ccccn1)c1cccc(-c2cccnc2)c1. The summed E-state index contributed by atoms with van der Waals surface area (Å²) in [4.78, 5) is 36.8. The first-order valence-corrected chi connectivity index (χ1v) is 13.7. The molecule has 2 unspecified atom stereocenters. The first kappa shape index (κ1) is 24.8. The fraction of sp³-hybridized carbons (Fsp3) is 0.286. The zero-order valence-corrected chi connectivity index (χ0v) is 21.5. The third-order valence-electron chi connectivity index (χ3n) is 6.75. The standard InChI is InChI=1S/C28H28N4O4S/c1-19(2)15-23(21-8-5-7-20(16-21)22-9-6-12-29-17-22)28(34)31-14-11-24-27(31)25(33)18-32(24)37(35,36)26-10-3-4-13-30-26/h3-13,16-17,19,23,27H,14-15,18H2,1-2H3. The molecule has 37 heavy (non-hydrogen) atoms. The van der Waals surface area contributed by atoms with Crippen molar-refractivity contribution in [3.05, 3.63) is 90.5 Å². The molecule has 1 fully saturated rings. The summed E-state index contributed by atoms with van der Waals surface area (Å²) in [6.45, 7) is 3.97. The van der Waals surface area contributed by atoms with E-state index in [1.807, 2.05) is 36.4 Å². The van der Waals surface area contributed by atoms with Crippen molar-refractivity contribution in [2.75, 3.05) is 13.1 Å². The maximum Gasteiger partial charge on any atom is 0.282 e. The Morgan fingerprint density at radius 2 is 1.86 bits per heavy atom. The van der Waals surface area contributed by atoms with Crippen LogP contribution in [0.25, 0.3) is 11.1 Å². The quantitative estimate of drug-likeness (QED) is 0.475. The van der Waals surface area contributed by atoms with E-state index in [0.29, 0.717) is 12.1 Å². The smallest absolute Gasteiger partial charge is 0.282 e. The summed E-state index contributed by atoms with van der Waals surface area (Å²) in [5.74, 6) is -0.743. The molecule has 8 nitrogen and oxygen atoms in total. The minimum Gasteiger partial charge on any atom is -0.323 e. The molecule has 1 saturated heterocycles. The summed E-state index contributed by atoms with van der Waals surface area (Å²) >= 11 is 0. The number of hydrogen-bond acceptors (Lipinski definition) is 6. The van der Waals surface area contributed by atoms with Crippen LogP contribution in [0.1, 0.15) is 31.7 Å². The number of ketones is 1. The van der Waals surface area contributed by atoms with E-state index in [1.165, 1.54) is 17.2 Å². The lowest BCUT2D eigenvalue weighted by Gasteiger charge is -2.29. The van der Waals surface area contributed by atoms with Crippen LogP contribution in [0.3, 0.4) is 0 Å². The molecule has 5 rings (SSSR count). The molecule has 2 aliphatic rings. The van der Waals surface area contributed by atoms with Crippen LogP contribution in [0.4, 0.5) is 0 Å². The van der Waals surface area contributed by atoms with Gasteiger partial charge in [-0.15, -0.1) is 0 Å². The molecule has 0 saturated carbocycles. The lowest BCUT2D eigenvalue weighted by Crippen LogP contribution is -2.43. The van der Waals surface area contributed by atoms with Gasteiger partial charge >= 0.3 is 0 Å². The van der Waals surface area contributed by atoms with Crippen molar-refractivity contribution in [3.8, 4) is 11.1 Å². The number of nitrogens with zero attached hydrogens (tertiary/aromatic N) is 4. The third-order valence-corrected chi connectivity index (χ3v) is 8.44. The lowest BCUT2D eigenvalue weighted by molar-refractivity contribution is -0.137. The number of fused-ring (bicyclic) bond motifs is 1. The van der Waals surface area contributed by atoms with Crippen LogP contribution in [0.15, 0.2) is 90.0 Å². The highest BCUT2D eigenvalue weighted by Crippen LogP contribution is 2.37. The van der Waals surface area contributed by atoms with Gasteiger partial charge < -0.3 is 4.90 Å². The summed E-state index contributed by atoms with van der Waals surface area (Å²) in [5.41, 5.74) is 3.09. The highest BCUT2D eigenvalue weighted by atomic mass is 32.2. The van der Waals surface area contributed by atoms with Gasteiger partial charge in [0.25, 0.3) is 10.0 Å². The zero-order valence-electron chi connectivity index (χ0n) is 20.7. The third kappa shape index (κ3) is 4.67. The molecular formula is C28H28N4O4S. The molecule has 0 N–H and O–H groups in total. The number of sulfonamides is 1. The van der Waals surface area contributed by atoms with E-state index in [0.717, 1.165) is 21.0 Å². The Kier molecular flexibility index (Phi) is 6.64. The van der Waals surface area contributed by atoms with E-state index in [2.05, 4.69) is 23.8 Å². The number of benzene rings is 1. The fourth-order valence-corrected chi connectivity index (χ4v) is 6.46. The van der Waals surface area contributed by atoms with Crippen molar-refractivity contribution in [1.29, 1.82) is 0 Å². The van der Waals surface area contributed by atoms with Gasteiger partial charge in [0.05, 0.1) is 18.2 Å². The molecule has 1 aromatic carbocycles. The van der Waals surface area contributed by atoms with E-state index in [1.54, 1.807) is 30.6 Å². The number of hydrogen-bond donors (Lipinski definition) is 0. The van der Waals surface area contributed by atoms with Crippen LogP contribution in [0.5, 0.6) is 0 Å². The number of pyridine rings is 2. The molecule has 0 bridgehead atoms. The summed E-state index contributed by atoms with van der Waals surface area (Å²) in [6.07, 6.45) is 7.16. The minimum absolute atomic E-state index is 0.126. The molecular weight excluding hydrogens is 488 g/mol. The van der Waals surface area contributed by atoms with Gasteiger partial charge in [0, 0.05) is 25.1 Å². The average molecular weight is 517 g/mol. The van der Waals surface area contributed by atoms with E-state index in [9.17, 15) is 18.0 Å². The van der Waals surface area contributed by atoms with E-state index in [4.69, 9.17) is 0 Å². The summed E-state index contributed by atoms with van der Waals surface area (Å²) in [6, 6.07) is 15.4. The van der Waals surface area contributed by atoms with Crippen LogP contribution < -0.4 is 0 Å². The number of amides is 1. The number of carbonyl (C=O) groups is 2. The monoisotopic (exact) mass is 516 g/mol. The first-order chi connectivity index (χ1) is 17.8. The number of rotatable bonds is 7. The number of aromatic nitrogens is 2. The van der Waals surface area contributed by atoms with Gasteiger partial charge in [-0.25, -0.2) is 4.98 Å². The van der Waals surface area contributed by atoms with Crippen molar-refractivity contribution in [1.82, 2.24) is 19.2 Å². The van der Waals surface area contributed by atoms with Gasteiger partial charge in [-0.1, -0.05) is 50.2 Å². The van der Waals surface area contributed by atoms with Crippen molar-refractivity contribution in [2.45, 2.75) is 37.3 Å². The number of Topliss-reactive ketones (excluding diaryl/α,β-unsaturated/α-hetero) is 1. The second-order valence-electron chi connectivity index (χ2n) is 9.72. The van der Waals surface area contributed by atoms with Gasteiger partial charge in [0.15, 0.2) is 10.8 Å². The maximum absolute atomic E-state index is 14.0. The van der Waals surface area contributed by atoms with Crippen LogP contribution in [-0.4, -0.2) is 58.4 Å². The average Bonchev–Trinajstić information content (AvgIpc) is 3.49. The Morgan fingerprint density at radius 1 is 1.05 bits per heavy atom. The Balaban J connectivity index is 1.44. The summed E-state index contributed by atoms with van der Waals surface area (Å²) < 4.78 is 27.6. The Labute approximate surface area is 216 Å². The molecule has 0 spiro atoms. The van der Waals surface area contributed by atoms with Crippen molar-refractivity contribution < 1.29 is 18.0 Å². The normalized spacial score (nSPS) is 18.2. The molecule has 4 heterocycles. The summed E-state index contributed by atoms with van der Waals surface area (Å²) in [7, 11) is -4.01. The van der Waals surface area contributed by atoms with E-state index in [-0.39, 0.29) is 35.7 Å². The van der Waals surface area contributed by atoms with E-state index < -0.39 is 22.0 Å². The first-order valence-electron chi connectivity index (χ1n) is 12.2. The predicted octanol–water partition coefficient (Wildman–Crippen LogP) is 3.64. The largest absolute Gasteiger partial charge is 0.323 e. The minimum atomic E-state index is -4.01. The molecule has 1 amide bonds. The van der Waals surface area contributed by atoms with Crippen LogP contribution in [0, 0.1) is 5.92 Å². The van der Waals surface area contributed by atoms with Gasteiger partial charge in [0.2, 0.25) is 5.91 Å². The van der Waals surface area contributed by atoms with Gasteiger partial charge in [-0.2, -0.15) is 8.42 Å². The topological polar surface area (TPSA) is 101 Å². The van der Waals surface area contributed by atoms with Gasteiger partial charge in [-0.05, 0) is 53.3 Å². The molecule has 190 valence electrons. The summed E-state index contributed by atoms with van der Waals surface area (Å²) in [5, 5.41) is -0.126. The van der Waals surface area contributed by atoms with Crippen molar-refractivity contribution in [2.24, 2.45) is 5.92 Å². The molecule has 9 heteroatoms. The van der Waals surface area contributed by atoms with Crippen molar-refractivity contribution >= 4 is 21.7 Å². The number of carbonyl (C=O) groups excluding carboxylic acids is 2. The predicted molar refractivity (Wildman–Crippen MR) is 139 cm³/mol. The Morgan fingerprint density at radius 3 is 2.57 bits per heavy atom. The second kappa shape index (κ2) is 9.89. The van der Waals surface area contributed by atoms with Crippen molar-refractivity contribution in [3.63, 3.8) is 0 Å². The maximum atomic E-state index is 14.0. The zero-order chi connectivity index (χ0) is 26.2.